The summed E-state index contributed by atoms with van der Waals surface area (Å²) < 4.78 is 1.35. The summed E-state index contributed by atoms with van der Waals surface area (Å²) in [7, 11) is 2.88. The van der Waals surface area contributed by atoms with Crippen LogP contribution in [0, 0.1) is 0 Å². The molecule has 1 N–H and O–H groups in total. The molecule has 1 unspecified atom stereocenters. The van der Waals surface area contributed by atoms with Gasteiger partial charge in [0.1, 0.15) is 0 Å². The van der Waals surface area contributed by atoms with Crippen molar-refractivity contribution in [2.45, 2.75) is 41.0 Å². The summed E-state index contributed by atoms with van der Waals surface area (Å²) in [6.45, 7) is 15.1. The Bertz CT molecular complexity index is 1170. The number of fused-ring (bicyclic) bond motifs is 3. The maximum absolute atomic E-state index is 4.97. The van der Waals surface area contributed by atoms with Crippen LogP contribution < -0.4 is 0 Å². The Morgan fingerprint density at radius 3 is 2.29 bits per heavy atom. The van der Waals surface area contributed by atoms with E-state index < -0.39 is 0 Å². The number of hydrogen-bond acceptors (Lipinski definition) is 1. The Labute approximate surface area is 205 Å². The molecule has 3 heterocycles. The van der Waals surface area contributed by atoms with E-state index in [0.717, 1.165) is 71.4 Å². The monoisotopic (exact) mass is 621 g/mol. The molecule has 3 rings (SSSR count). The first-order chi connectivity index (χ1) is 14.7. The van der Waals surface area contributed by atoms with Crippen LogP contribution in [0.4, 0.5) is 0 Å². The molecular formula is C27H30N2PPb. The van der Waals surface area contributed by atoms with Crippen molar-refractivity contribution in [3.05, 3.63) is 103 Å². The first kappa shape index (κ1) is 23.9. The van der Waals surface area contributed by atoms with Gasteiger partial charge in [-0.3, -0.25) is 0 Å². The van der Waals surface area contributed by atoms with Crippen LogP contribution in [0.15, 0.2) is 96.9 Å². The van der Waals surface area contributed by atoms with Crippen LogP contribution >= 0.6 is 9.24 Å². The molecular weight excluding hydrogens is 590 g/mol. The van der Waals surface area contributed by atoms with E-state index in [1.54, 1.807) is 0 Å². The van der Waals surface area contributed by atoms with E-state index in [9.17, 15) is 0 Å². The Morgan fingerprint density at radius 1 is 0.903 bits per heavy atom. The second-order valence-corrected chi connectivity index (χ2v) is 10.5. The van der Waals surface area contributed by atoms with Crippen molar-refractivity contribution in [2.24, 2.45) is 4.99 Å². The number of nitrogens with one attached hydrogen (secondary N) is 1. The topological polar surface area (TPSA) is 28.1 Å². The molecule has 2 nitrogen and oxygen atoms in total. The zero-order chi connectivity index (χ0) is 22.7. The van der Waals surface area contributed by atoms with Crippen molar-refractivity contribution < 1.29 is 0 Å². The molecule has 4 heteroatoms. The summed E-state index contributed by atoms with van der Waals surface area (Å²) in [5.41, 5.74) is 11.5. The van der Waals surface area contributed by atoms with Crippen molar-refractivity contribution >= 4 is 51.6 Å². The third kappa shape index (κ3) is 5.35. The van der Waals surface area contributed by atoms with E-state index in [4.69, 9.17) is 4.99 Å². The van der Waals surface area contributed by atoms with Crippen LogP contribution in [0.1, 0.15) is 52.4 Å². The molecule has 0 aliphatic carbocycles. The molecule has 0 saturated carbocycles. The molecule has 0 fully saturated rings. The molecule has 4 bridgehead atoms. The van der Waals surface area contributed by atoms with Crippen LogP contribution in [0.25, 0.3) is 10.9 Å². The van der Waals surface area contributed by atoms with Crippen LogP contribution in [-0.2, 0) is 0 Å². The molecule has 1 aromatic heterocycles. The van der Waals surface area contributed by atoms with E-state index in [1.165, 1.54) is 25.4 Å². The number of allylic oxidation sites excluding steroid dienone is 13. The van der Waals surface area contributed by atoms with E-state index in [1.807, 2.05) is 0 Å². The summed E-state index contributed by atoms with van der Waals surface area (Å²) >= 11 is 0.948. The van der Waals surface area contributed by atoms with Gasteiger partial charge in [0.25, 0.3) is 0 Å². The molecule has 2 aliphatic heterocycles. The number of H-pyrrole nitrogens is 1. The number of hydrogen-bond donors (Lipinski definition) is 1. The van der Waals surface area contributed by atoms with Crippen molar-refractivity contribution in [1.29, 1.82) is 0 Å². The van der Waals surface area contributed by atoms with E-state index >= 15 is 0 Å². The second-order valence-electron chi connectivity index (χ2n) is 7.98. The predicted molar refractivity (Wildman–Crippen MR) is 141 cm³/mol. The van der Waals surface area contributed by atoms with Crippen LogP contribution in [0.2, 0.25) is 0 Å². The molecule has 0 aromatic carbocycles. The minimum absolute atomic E-state index is 0.948. The first-order valence-electron chi connectivity index (χ1n) is 10.5. The average Bonchev–Trinajstić information content (AvgIpc) is 3.45. The fraction of sp³-hybridized carbons (Fsp3) is 0.222. The van der Waals surface area contributed by atoms with Crippen LogP contribution in [-0.4, -0.2) is 36.5 Å². The summed E-state index contributed by atoms with van der Waals surface area (Å²) in [5, 5.41) is 1.16. The van der Waals surface area contributed by atoms with Crippen molar-refractivity contribution in [3.63, 3.8) is 0 Å². The summed E-state index contributed by atoms with van der Waals surface area (Å²) in [6.07, 6.45) is 14.0. The third-order valence-corrected chi connectivity index (χ3v) is 8.94. The summed E-state index contributed by atoms with van der Waals surface area (Å²) in [4.78, 5) is 8.55. The van der Waals surface area contributed by atoms with Gasteiger partial charge in [-0.05, 0) is 0 Å². The molecule has 0 amide bonds. The summed E-state index contributed by atoms with van der Waals surface area (Å²) in [5.74, 6) is 0. The van der Waals surface area contributed by atoms with Gasteiger partial charge in [0, 0.05) is 0 Å². The normalized spacial score (nSPS) is 29.6. The van der Waals surface area contributed by atoms with Gasteiger partial charge >= 0.3 is 206 Å². The van der Waals surface area contributed by atoms with Gasteiger partial charge in [-0.25, -0.2) is 0 Å². The second kappa shape index (κ2) is 10.2. The van der Waals surface area contributed by atoms with E-state index in [2.05, 4.69) is 104 Å². The van der Waals surface area contributed by atoms with Crippen molar-refractivity contribution in [1.82, 2.24) is 4.98 Å². The van der Waals surface area contributed by atoms with Crippen molar-refractivity contribution in [3.8, 4) is 0 Å². The molecule has 1 atom stereocenters. The Kier molecular flexibility index (Phi) is 7.88. The SMILES string of the molecule is C=C1/C=C\C(CC)=[C](/[Pb])C2=N/C(=C(/C)c3ccc([nH]3)/C(P)=C(C)/C=C\C(C)=C\1C)C=C2. The van der Waals surface area contributed by atoms with Gasteiger partial charge in [0.2, 0.25) is 0 Å². The Balaban J connectivity index is 2.21. The standard InChI is InChI=1S/C27H30N2P.Pb/c1-7-22-11-10-18(3)20(5)17(2)8-9-19(4)27(30)26-15-14-25(29-26)21(6)24-13-12-23(16-22)28-24;/h8-15,29H,3,7,30H2,1-2,4-6H3;/b9-8-,11-10-,20-17+,22-16?,24-21-,27-19-;. The number of aliphatic imine (C=N–C) groups is 1. The van der Waals surface area contributed by atoms with Crippen molar-refractivity contribution in [2.75, 3.05) is 0 Å². The van der Waals surface area contributed by atoms with Gasteiger partial charge in [0.15, 0.2) is 0 Å². The number of aromatic amines is 1. The average molecular weight is 621 g/mol. The number of aromatic nitrogens is 1. The third-order valence-electron chi connectivity index (χ3n) is 5.93. The molecule has 3 radical (unpaired) electrons. The Hall–Kier alpha value is -1.78. The Morgan fingerprint density at radius 2 is 1.58 bits per heavy atom. The molecule has 31 heavy (non-hydrogen) atoms. The molecule has 157 valence electrons. The minimum atomic E-state index is 0.948. The van der Waals surface area contributed by atoms with Gasteiger partial charge in [0.05, 0.1) is 0 Å². The summed E-state index contributed by atoms with van der Waals surface area (Å²) in [6, 6.07) is 4.29. The molecule has 1 aromatic rings. The van der Waals surface area contributed by atoms with E-state index in [-0.39, 0.29) is 0 Å². The molecule has 0 spiro atoms. The number of rotatable bonds is 1. The van der Waals surface area contributed by atoms with Gasteiger partial charge in [-0.2, -0.15) is 0 Å². The molecule has 0 saturated heterocycles. The van der Waals surface area contributed by atoms with Gasteiger partial charge in [-0.15, -0.1) is 0 Å². The van der Waals surface area contributed by atoms with Gasteiger partial charge < -0.3 is 0 Å². The fourth-order valence-electron chi connectivity index (χ4n) is 3.42. The number of nitrogens with zero attached hydrogens (tertiary/aromatic N) is 1. The zero-order valence-electron chi connectivity index (χ0n) is 19.1. The first-order valence-corrected chi connectivity index (χ1v) is 13.1. The fourth-order valence-corrected chi connectivity index (χ4v) is 5.24. The molecule has 2 aliphatic rings. The van der Waals surface area contributed by atoms with Gasteiger partial charge in [-0.1, -0.05) is 0 Å². The van der Waals surface area contributed by atoms with Crippen LogP contribution in [0.5, 0.6) is 0 Å². The van der Waals surface area contributed by atoms with E-state index in [0.29, 0.717) is 0 Å². The zero-order valence-corrected chi connectivity index (χ0v) is 24.1. The maximum atomic E-state index is 4.97. The van der Waals surface area contributed by atoms with Crippen LogP contribution in [0.3, 0.4) is 0 Å². The predicted octanol–water partition coefficient (Wildman–Crippen LogP) is 7.21. The quantitative estimate of drug-likeness (QED) is 0.254.